The molecule has 84 valence electrons. The number of aryl methyl sites for hydroxylation is 2. The zero-order chi connectivity index (χ0) is 11.4. The second-order valence-corrected chi connectivity index (χ2v) is 4.00. The maximum atomic E-state index is 5.77. The Labute approximate surface area is 95.9 Å². The molecule has 0 atom stereocenters. The molecule has 0 aliphatic rings. The molecule has 0 amide bonds. The summed E-state index contributed by atoms with van der Waals surface area (Å²) in [6, 6.07) is 10.5. The zero-order valence-electron chi connectivity index (χ0n) is 9.56. The van der Waals surface area contributed by atoms with Crippen LogP contribution in [-0.4, -0.2) is 9.55 Å². The minimum atomic E-state index is 0.616. The van der Waals surface area contributed by atoms with E-state index in [4.69, 9.17) is 5.73 Å². The average molecular weight is 215 g/mol. The average Bonchev–Trinajstić information content (AvgIpc) is 2.62. The number of nitrogen functional groups attached to an aromatic ring is 1. The van der Waals surface area contributed by atoms with Crippen molar-refractivity contribution in [3.63, 3.8) is 0 Å². The van der Waals surface area contributed by atoms with Crippen LogP contribution in [0.25, 0.3) is 0 Å². The molecule has 1 heterocycles. The van der Waals surface area contributed by atoms with Crippen molar-refractivity contribution in [1.29, 1.82) is 0 Å². The van der Waals surface area contributed by atoms with E-state index in [2.05, 4.69) is 33.8 Å². The van der Waals surface area contributed by atoms with Gasteiger partial charge in [0.15, 0.2) is 5.95 Å². The maximum Gasteiger partial charge on any atom is 0.200 e. The topological polar surface area (TPSA) is 43.8 Å². The first kappa shape index (κ1) is 10.7. The highest BCUT2D eigenvalue weighted by Gasteiger charge is 2.02. The van der Waals surface area contributed by atoms with Gasteiger partial charge in [0.05, 0.1) is 6.20 Å². The van der Waals surface area contributed by atoms with Crippen LogP contribution in [0.4, 0.5) is 5.95 Å². The van der Waals surface area contributed by atoms with Crippen LogP contribution in [0.3, 0.4) is 0 Å². The summed E-state index contributed by atoms with van der Waals surface area (Å²) in [5.41, 5.74) is 8.28. The molecule has 3 heteroatoms. The van der Waals surface area contributed by atoms with Crippen molar-refractivity contribution in [2.24, 2.45) is 0 Å². The summed E-state index contributed by atoms with van der Waals surface area (Å²) in [6.45, 7) is 2.97. The van der Waals surface area contributed by atoms with Gasteiger partial charge in [-0.1, -0.05) is 30.3 Å². The van der Waals surface area contributed by atoms with Crippen molar-refractivity contribution < 1.29 is 0 Å². The first-order valence-electron chi connectivity index (χ1n) is 5.59. The summed E-state index contributed by atoms with van der Waals surface area (Å²) >= 11 is 0. The fourth-order valence-electron chi connectivity index (χ4n) is 1.86. The van der Waals surface area contributed by atoms with Gasteiger partial charge >= 0.3 is 0 Å². The highest BCUT2D eigenvalue weighted by molar-refractivity contribution is 5.21. The lowest BCUT2D eigenvalue weighted by molar-refractivity contribution is 0.637. The van der Waals surface area contributed by atoms with E-state index in [1.54, 1.807) is 0 Å². The number of imidazole rings is 1. The molecule has 0 bridgehead atoms. The lowest BCUT2D eigenvalue weighted by atomic mass is 10.1. The van der Waals surface area contributed by atoms with Gasteiger partial charge in [-0.25, -0.2) is 4.98 Å². The Morgan fingerprint density at radius 1 is 1.25 bits per heavy atom. The number of benzene rings is 1. The standard InChI is InChI=1S/C13H17N3/c1-11-10-15-13(14)16(11)9-5-8-12-6-3-2-4-7-12/h2-4,6-7,10H,5,8-9H2,1H3,(H2,14,15). The van der Waals surface area contributed by atoms with Crippen molar-refractivity contribution in [2.45, 2.75) is 26.3 Å². The summed E-state index contributed by atoms with van der Waals surface area (Å²) in [7, 11) is 0. The number of aromatic nitrogens is 2. The van der Waals surface area contributed by atoms with E-state index in [1.165, 1.54) is 5.56 Å². The first-order chi connectivity index (χ1) is 7.77. The Morgan fingerprint density at radius 2 is 2.00 bits per heavy atom. The van der Waals surface area contributed by atoms with Crippen LogP contribution in [0.1, 0.15) is 17.7 Å². The van der Waals surface area contributed by atoms with Crippen LogP contribution in [0.2, 0.25) is 0 Å². The Bertz CT molecular complexity index is 426. The molecule has 1 aromatic heterocycles. The quantitative estimate of drug-likeness (QED) is 0.851. The molecule has 0 aliphatic heterocycles. The van der Waals surface area contributed by atoms with Gasteiger partial charge in [0.25, 0.3) is 0 Å². The molecule has 2 rings (SSSR count). The highest BCUT2D eigenvalue weighted by Crippen LogP contribution is 2.09. The van der Waals surface area contributed by atoms with E-state index in [1.807, 2.05) is 19.2 Å². The molecule has 0 aliphatic carbocycles. The molecule has 1 aromatic carbocycles. The molecule has 2 N–H and O–H groups in total. The van der Waals surface area contributed by atoms with Gasteiger partial charge < -0.3 is 10.3 Å². The van der Waals surface area contributed by atoms with E-state index in [9.17, 15) is 0 Å². The monoisotopic (exact) mass is 215 g/mol. The molecule has 2 aromatic rings. The third-order valence-electron chi connectivity index (χ3n) is 2.78. The summed E-state index contributed by atoms with van der Waals surface area (Å²) in [6.07, 6.45) is 3.99. The molecule has 0 fully saturated rings. The Morgan fingerprint density at radius 3 is 2.62 bits per heavy atom. The van der Waals surface area contributed by atoms with Gasteiger partial charge in [-0.05, 0) is 25.3 Å². The van der Waals surface area contributed by atoms with Gasteiger partial charge in [0, 0.05) is 12.2 Å². The fourth-order valence-corrected chi connectivity index (χ4v) is 1.86. The molecule has 0 radical (unpaired) electrons. The van der Waals surface area contributed by atoms with Crippen LogP contribution in [0, 0.1) is 6.92 Å². The van der Waals surface area contributed by atoms with Gasteiger partial charge in [0.1, 0.15) is 0 Å². The highest BCUT2D eigenvalue weighted by atomic mass is 15.1. The Hall–Kier alpha value is -1.77. The molecule has 0 unspecified atom stereocenters. The van der Waals surface area contributed by atoms with E-state index in [0.29, 0.717) is 5.95 Å². The molecule has 3 nitrogen and oxygen atoms in total. The summed E-state index contributed by atoms with van der Waals surface area (Å²) in [5, 5.41) is 0. The number of hydrogen-bond acceptors (Lipinski definition) is 2. The van der Waals surface area contributed by atoms with Crippen LogP contribution in [0.5, 0.6) is 0 Å². The number of rotatable bonds is 4. The van der Waals surface area contributed by atoms with Crippen LogP contribution in [-0.2, 0) is 13.0 Å². The molecular formula is C13H17N3. The molecule has 16 heavy (non-hydrogen) atoms. The van der Waals surface area contributed by atoms with Crippen molar-refractivity contribution >= 4 is 5.95 Å². The largest absolute Gasteiger partial charge is 0.369 e. The third-order valence-corrected chi connectivity index (χ3v) is 2.78. The smallest absolute Gasteiger partial charge is 0.200 e. The minimum Gasteiger partial charge on any atom is -0.369 e. The SMILES string of the molecule is Cc1cnc(N)n1CCCc1ccccc1. The second kappa shape index (κ2) is 4.84. The zero-order valence-corrected chi connectivity index (χ0v) is 9.56. The van der Waals surface area contributed by atoms with Gasteiger partial charge in [-0.2, -0.15) is 0 Å². The normalized spacial score (nSPS) is 10.6. The number of nitrogens with two attached hydrogens (primary N) is 1. The Kier molecular flexibility index (Phi) is 3.25. The molecule has 0 saturated heterocycles. The predicted octanol–water partition coefficient (Wildman–Crippen LogP) is 2.41. The second-order valence-electron chi connectivity index (χ2n) is 4.00. The summed E-state index contributed by atoms with van der Waals surface area (Å²) in [5.74, 6) is 0.616. The van der Waals surface area contributed by atoms with Crippen LogP contribution < -0.4 is 5.73 Å². The lowest BCUT2D eigenvalue weighted by Gasteiger charge is -2.07. The van der Waals surface area contributed by atoms with E-state index < -0.39 is 0 Å². The van der Waals surface area contributed by atoms with Crippen molar-refractivity contribution in [2.75, 3.05) is 5.73 Å². The fraction of sp³-hybridized carbons (Fsp3) is 0.308. The molecule has 0 spiro atoms. The van der Waals surface area contributed by atoms with Gasteiger partial charge in [0.2, 0.25) is 0 Å². The van der Waals surface area contributed by atoms with E-state index in [-0.39, 0.29) is 0 Å². The summed E-state index contributed by atoms with van der Waals surface area (Å²) < 4.78 is 2.06. The third kappa shape index (κ3) is 2.42. The lowest BCUT2D eigenvalue weighted by Crippen LogP contribution is -2.06. The van der Waals surface area contributed by atoms with Crippen molar-refractivity contribution in [3.8, 4) is 0 Å². The van der Waals surface area contributed by atoms with E-state index in [0.717, 1.165) is 25.1 Å². The minimum absolute atomic E-state index is 0.616. The van der Waals surface area contributed by atoms with Gasteiger partial charge in [-0.3, -0.25) is 0 Å². The van der Waals surface area contributed by atoms with Crippen molar-refractivity contribution in [3.05, 3.63) is 47.8 Å². The molecular weight excluding hydrogens is 198 g/mol. The number of anilines is 1. The molecule has 0 saturated carbocycles. The van der Waals surface area contributed by atoms with Gasteiger partial charge in [-0.15, -0.1) is 0 Å². The van der Waals surface area contributed by atoms with E-state index >= 15 is 0 Å². The number of hydrogen-bond donors (Lipinski definition) is 1. The van der Waals surface area contributed by atoms with Crippen LogP contribution >= 0.6 is 0 Å². The maximum absolute atomic E-state index is 5.77. The number of nitrogens with zero attached hydrogens (tertiary/aromatic N) is 2. The first-order valence-corrected chi connectivity index (χ1v) is 5.59. The van der Waals surface area contributed by atoms with Crippen molar-refractivity contribution in [1.82, 2.24) is 9.55 Å². The van der Waals surface area contributed by atoms with Crippen LogP contribution in [0.15, 0.2) is 36.5 Å². The Balaban J connectivity index is 1.89. The predicted molar refractivity (Wildman–Crippen MR) is 66.1 cm³/mol. The summed E-state index contributed by atoms with van der Waals surface area (Å²) in [4.78, 5) is 4.08.